The molecule has 5 heteroatoms. The maximum atomic E-state index is 5.12. The van der Waals surface area contributed by atoms with E-state index in [1.165, 1.54) is 18.1 Å². The molecule has 0 radical (unpaired) electrons. The predicted molar refractivity (Wildman–Crippen MR) is 90.9 cm³/mol. The van der Waals surface area contributed by atoms with Crippen LogP contribution in [0.2, 0.25) is 0 Å². The van der Waals surface area contributed by atoms with Gasteiger partial charge in [-0.05, 0) is 42.3 Å². The molecule has 0 saturated carbocycles. The standard InChI is InChI=1S/C14H14O2.C2H3Cl3/c1-15-13-7-3-11(4-8-13)12-5-9-14(16-2)10-6-12;1-2(3,4)5/h3-10H,1-2H3;1H3. The van der Waals surface area contributed by atoms with Crippen molar-refractivity contribution in [3.8, 4) is 22.6 Å². The minimum absolute atomic E-state index is 0.872. The molecule has 0 amide bonds. The summed E-state index contributed by atoms with van der Waals surface area (Å²) in [5.41, 5.74) is 2.34. The van der Waals surface area contributed by atoms with Crippen LogP contribution < -0.4 is 9.47 Å². The van der Waals surface area contributed by atoms with Gasteiger partial charge in [-0.3, -0.25) is 0 Å². The minimum Gasteiger partial charge on any atom is -0.497 e. The Morgan fingerprint density at radius 2 is 0.905 bits per heavy atom. The van der Waals surface area contributed by atoms with E-state index in [2.05, 4.69) is 0 Å². The molecule has 0 spiro atoms. The van der Waals surface area contributed by atoms with Crippen LogP contribution in [0, 0.1) is 0 Å². The summed E-state index contributed by atoms with van der Waals surface area (Å²) < 4.78 is 9.16. The zero-order valence-electron chi connectivity index (χ0n) is 12.1. The number of rotatable bonds is 3. The molecule has 0 aliphatic heterocycles. The first-order chi connectivity index (χ1) is 9.83. The van der Waals surface area contributed by atoms with Crippen molar-refractivity contribution in [1.29, 1.82) is 0 Å². The van der Waals surface area contributed by atoms with Gasteiger partial charge in [-0.25, -0.2) is 0 Å². The molecule has 2 nitrogen and oxygen atoms in total. The Bertz CT molecular complexity index is 479. The molecule has 0 aliphatic carbocycles. The van der Waals surface area contributed by atoms with Crippen molar-refractivity contribution in [2.45, 2.75) is 10.7 Å². The van der Waals surface area contributed by atoms with Crippen molar-refractivity contribution in [2.24, 2.45) is 0 Å². The molecule has 0 unspecified atom stereocenters. The number of methoxy groups -OCH3 is 2. The van der Waals surface area contributed by atoms with Gasteiger partial charge in [0.15, 0.2) is 3.79 Å². The molecule has 2 aromatic rings. The second-order valence-electron chi connectivity index (χ2n) is 4.24. The average molecular weight is 348 g/mol. The molecular formula is C16H17Cl3O2. The maximum absolute atomic E-state index is 5.12. The fourth-order valence-corrected chi connectivity index (χ4v) is 1.57. The highest BCUT2D eigenvalue weighted by atomic mass is 35.6. The largest absolute Gasteiger partial charge is 0.497 e. The van der Waals surface area contributed by atoms with Crippen LogP contribution in [0.25, 0.3) is 11.1 Å². The quantitative estimate of drug-likeness (QED) is 0.658. The molecule has 0 saturated heterocycles. The zero-order valence-corrected chi connectivity index (χ0v) is 14.3. The highest BCUT2D eigenvalue weighted by molar-refractivity contribution is 6.67. The first kappa shape index (κ1) is 18.0. The van der Waals surface area contributed by atoms with Gasteiger partial charge in [0, 0.05) is 0 Å². The lowest BCUT2D eigenvalue weighted by Gasteiger charge is -2.05. The summed E-state index contributed by atoms with van der Waals surface area (Å²) in [6, 6.07) is 16.0. The Morgan fingerprint density at radius 3 is 1.10 bits per heavy atom. The third-order valence-electron chi connectivity index (χ3n) is 2.51. The summed E-state index contributed by atoms with van der Waals surface area (Å²) in [7, 11) is 3.34. The Balaban J connectivity index is 0.000000383. The molecule has 0 bridgehead atoms. The second kappa shape index (κ2) is 8.38. The third kappa shape index (κ3) is 7.47. The topological polar surface area (TPSA) is 18.5 Å². The molecule has 21 heavy (non-hydrogen) atoms. The first-order valence-electron chi connectivity index (χ1n) is 6.18. The number of hydrogen-bond donors (Lipinski definition) is 0. The van der Waals surface area contributed by atoms with Gasteiger partial charge in [-0.2, -0.15) is 0 Å². The van der Waals surface area contributed by atoms with Crippen molar-refractivity contribution >= 4 is 34.8 Å². The van der Waals surface area contributed by atoms with Crippen LogP contribution in [0.5, 0.6) is 11.5 Å². The molecule has 2 rings (SSSR count). The molecule has 0 aromatic heterocycles. The van der Waals surface area contributed by atoms with E-state index in [0.717, 1.165) is 11.5 Å². The Kier molecular flexibility index (Phi) is 7.16. The van der Waals surface area contributed by atoms with Crippen molar-refractivity contribution in [1.82, 2.24) is 0 Å². The van der Waals surface area contributed by atoms with Gasteiger partial charge in [-0.1, -0.05) is 59.1 Å². The number of benzene rings is 2. The van der Waals surface area contributed by atoms with Crippen molar-refractivity contribution < 1.29 is 9.47 Å². The Hall–Kier alpha value is -1.09. The summed E-state index contributed by atoms with van der Waals surface area (Å²) in [5.74, 6) is 1.74. The molecule has 2 aromatic carbocycles. The van der Waals surface area contributed by atoms with E-state index in [4.69, 9.17) is 44.3 Å². The van der Waals surface area contributed by atoms with Crippen LogP contribution in [0.3, 0.4) is 0 Å². The highest BCUT2D eigenvalue weighted by Gasteiger charge is 2.07. The van der Waals surface area contributed by atoms with Crippen LogP contribution in [0.1, 0.15) is 6.92 Å². The van der Waals surface area contributed by atoms with Gasteiger partial charge >= 0.3 is 0 Å². The molecule has 0 N–H and O–H groups in total. The molecule has 0 heterocycles. The smallest absolute Gasteiger partial charge is 0.187 e. The van der Waals surface area contributed by atoms with E-state index in [1.807, 2.05) is 48.5 Å². The van der Waals surface area contributed by atoms with Crippen LogP contribution >= 0.6 is 34.8 Å². The lowest BCUT2D eigenvalue weighted by molar-refractivity contribution is 0.414. The number of hydrogen-bond acceptors (Lipinski definition) is 2. The van der Waals surface area contributed by atoms with Gasteiger partial charge < -0.3 is 9.47 Å². The molecule has 114 valence electrons. The van der Waals surface area contributed by atoms with Crippen LogP contribution in [0.15, 0.2) is 48.5 Å². The highest BCUT2D eigenvalue weighted by Crippen LogP contribution is 2.24. The molecule has 0 atom stereocenters. The van der Waals surface area contributed by atoms with Gasteiger partial charge in [0.25, 0.3) is 0 Å². The Labute approximate surface area is 140 Å². The number of ether oxygens (including phenoxy) is 2. The fourth-order valence-electron chi connectivity index (χ4n) is 1.57. The summed E-state index contributed by atoms with van der Waals surface area (Å²) in [5, 5.41) is 0. The summed E-state index contributed by atoms with van der Waals surface area (Å²) >= 11 is 15.2. The lowest BCUT2D eigenvalue weighted by Crippen LogP contribution is -1.87. The number of halogens is 3. The summed E-state index contributed by atoms with van der Waals surface area (Å²) in [6.07, 6.45) is 0. The van der Waals surface area contributed by atoms with Gasteiger partial charge in [-0.15, -0.1) is 0 Å². The first-order valence-corrected chi connectivity index (χ1v) is 7.32. The van der Waals surface area contributed by atoms with Gasteiger partial charge in [0.05, 0.1) is 14.2 Å². The maximum Gasteiger partial charge on any atom is 0.187 e. The van der Waals surface area contributed by atoms with Crippen molar-refractivity contribution in [3.63, 3.8) is 0 Å². The van der Waals surface area contributed by atoms with E-state index in [-0.39, 0.29) is 0 Å². The Morgan fingerprint density at radius 1 is 0.667 bits per heavy atom. The van der Waals surface area contributed by atoms with E-state index >= 15 is 0 Å². The van der Waals surface area contributed by atoms with E-state index in [9.17, 15) is 0 Å². The third-order valence-corrected chi connectivity index (χ3v) is 2.51. The normalized spacial score (nSPS) is 10.4. The van der Waals surface area contributed by atoms with E-state index < -0.39 is 3.79 Å². The summed E-state index contributed by atoms with van der Waals surface area (Å²) in [4.78, 5) is 0. The summed E-state index contributed by atoms with van der Waals surface area (Å²) in [6.45, 7) is 1.48. The monoisotopic (exact) mass is 346 g/mol. The van der Waals surface area contributed by atoms with Crippen molar-refractivity contribution in [3.05, 3.63) is 48.5 Å². The van der Waals surface area contributed by atoms with E-state index in [0.29, 0.717) is 0 Å². The SMILES string of the molecule is CC(Cl)(Cl)Cl.COc1ccc(-c2ccc(OC)cc2)cc1. The van der Waals surface area contributed by atoms with E-state index in [1.54, 1.807) is 14.2 Å². The fraction of sp³-hybridized carbons (Fsp3) is 0.250. The molecular weight excluding hydrogens is 331 g/mol. The minimum atomic E-state index is -1.08. The molecule has 0 fully saturated rings. The molecule has 0 aliphatic rings. The predicted octanol–water partition coefficient (Wildman–Crippen LogP) is 5.75. The average Bonchev–Trinajstić information content (AvgIpc) is 2.46. The van der Waals surface area contributed by atoms with Crippen LogP contribution in [-0.4, -0.2) is 18.0 Å². The van der Waals surface area contributed by atoms with Crippen molar-refractivity contribution in [2.75, 3.05) is 14.2 Å². The zero-order chi connectivity index (χ0) is 15.9. The van der Waals surface area contributed by atoms with Crippen LogP contribution in [0.4, 0.5) is 0 Å². The number of alkyl halides is 3. The van der Waals surface area contributed by atoms with Gasteiger partial charge in [0.2, 0.25) is 0 Å². The second-order valence-corrected chi connectivity index (χ2v) is 7.09. The lowest BCUT2D eigenvalue weighted by atomic mass is 10.1. The van der Waals surface area contributed by atoms with Crippen LogP contribution in [-0.2, 0) is 0 Å². The van der Waals surface area contributed by atoms with Gasteiger partial charge in [0.1, 0.15) is 11.5 Å².